The SMILES string of the molecule is Cc1cccc2sc(N[C]=O)nc12. The largest absolute Gasteiger partial charge is 0.315 e. The maximum absolute atomic E-state index is 10.1. The molecule has 0 saturated heterocycles. The fraction of sp³-hybridized carbons (Fsp3) is 0.111. The number of para-hydroxylation sites is 1. The molecule has 3 nitrogen and oxygen atoms in total. The molecular weight excluding hydrogens is 184 g/mol. The molecule has 4 heteroatoms. The van der Waals surface area contributed by atoms with Gasteiger partial charge < -0.3 is 0 Å². The van der Waals surface area contributed by atoms with Crippen LogP contribution in [0.1, 0.15) is 5.56 Å². The van der Waals surface area contributed by atoms with Crippen LogP contribution in [0.25, 0.3) is 10.2 Å². The van der Waals surface area contributed by atoms with Gasteiger partial charge >= 0.3 is 6.41 Å². The normalized spacial score (nSPS) is 10.2. The van der Waals surface area contributed by atoms with Crippen LogP contribution in [-0.4, -0.2) is 11.4 Å². The molecule has 65 valence electrons. The van der Waals surface area contributed by atoms with Crippen LogP contribution in [0.2, 0.25) is 0 Å². The Bertz CT molecular complexity index is 450. The number of nitrogens with zero attached hydrogens (tertiary/aromatic N) is 1. The molecule has 0 spiro atoms. The topological polar surface area (TPSA) is 42.0 Å². The third-order valence-electron chi connectivity index (χ3n) is 1.78. The van der Waals surface area contributed by atoms with E-state index in [1.165, 1.54) is 11.3 Å². The molecule has 0 bridgehead atoms. The maximum atomic E-state index is 10.1. The molecule has 0 fully saturated rings. The summed E-state index contributed by atoms with van der Waals surface area (Å²) in [6, 6.07) is 5.96. The van der Waals surface area contributed by atoms with E-state index in [2.05, 4.69) is 10.3 Å². The molecule has 0 aliphatic rings. The summed E-state index contributed by atoms with van der Waals surface area (Å²) >= 11 is 1.45. The third kappa shape index (κ3) is 1.40. The fourth-order valence-electron chi connectivity index (χ4n) is 1.18. The summed E-state index contributed by atoms with van der Waals surface area (Å²) < 4.78 is 1.08. The van der Waals surface area contributed by atoms with E-state index >= 15 is 0 Å². The average molecular weight is 191 g/mol. The van der Waals surface area contributed by atoms with Crippen molar-refractivity contribution in [3.8, 4) is 0 Å². The van der Waals surface area contributed by atoms with Gasteiger partial charge in [-0.1, -0.05) is 23.5 Å². The van der Waals surface area contributed by atoms with Crippen LogP contribution in [0.4, 0.5) is 5.13 Å². The van der Waals surface area contributed by atoms with Crippen molar-refractivity contribution in [1.82, 2.24) is 4.98 Å². The first kappa shape index (κ1) is 8.19. The minimum atomic E-state index is 0.597. The molecule has 1 aromatic carbocycles. The average Bonchev–Trinajstić information content (AvgIpc) is 2.49. The number of aryl methyl sites for hydroxylation is 1. The van der Waals surface area contributed by atoms with Crippen LogP contribution in [0.15, 0.2) is 18.2 Å². The third-order valence-corrected chi connectivity index (χ3v) is 2.71. The van der Waals surface area contributed by atoms with E-state index in [4.69, 9.17) is 0 Å². The molecule has 0 atom stereocenters. The molecule has 1 aromatic heterocycles. The number of aromatic nitrogens is 1. The van der Waals surface area contributed by atoms with Gasteiger partial charge in [-0.2, -0.15) is 0 Å². The van der Waals surface area contributed by atoms with Crippen LogP contribution in [0.3, 0.4) is 0 Å². The number of nitrogens with one attached hydrogen (secondary N) is 1. The number of rotatable bonds is 2. The lowest BCUT2D eigenvalue weighted by molar-refractivity contribution is 0.561. The first-order valence-electron chi connectivity index (χ1n) is 3.80. The maximum Gasteiger partial charge on any atom is 0.315 e. The molecule has 1 amide bonds. The van der Waals surface area contributed by atoms with Gasteiger partial charge in [0.2, 0.25) is 0 Å². The number of hydrogen-bond donors (Lipinski definition) is 1. The highest BCUT2D eigenvalue weighted by Gasteiger charge is 2.04. The highest BCUT2D eigenvalue weighted by atomic mass is 32.1. The summed E-state index contributed by atoms with van der Waals surface area (Å²) in [4.78, 5) is 14.3. The lowest BCUT2D eigenvalue weighted by Gasteiger charge is -1.90. The number of anilines is 1. The van der Waals surface area contributed by atoms with E-state index in [1.807, 2.05) is 25.1 Å². The molecule has 2 rings (SSSR count). The van der Waals surface area contributed by atoms with Gasteiger partial charge in [-0.15, -0.1) is 0 Å². The lowest BCUT2D eigenvalue weighted by atomic mass is 10.2. The summed E-state index contributed by atoms with van der Waals surface area (Å²) in [5.41, 5.74) is 2.07. The number of thiazole rings is 1. The van der Waals surface area contributed by atoms with Gasteiger partial charge in [0.1, 0.15) is 0 Å². The van der Waals surface area contributed by atoms with Crippen molar-refractivity contribution in [3.05, 3.63) is 23.8 Å². The van der Waals surface area contributed by atoms with E-state index in [0.29, 0.717) is 5.13 Å². The molecular formula is C9H7N2OS. The zero-order valence-electron chi connectivity index (χ0n) is 7.00. The summed E-state index contributed by atoms with van der Waals surface area (Å²) in [6.45, 7) is 2.00. The predicted octanol–water partition coefficient (Wildman–Crippen LogP) is 2.08. The summed E-state index contributed by atoms with van der Waals surface area (Å²) in [6.07, 6.45) is 1.61. The Hall–Kier alpha value is -1.42. The Morgan fingerprint density at radius 2 is 2.38 bits per heavy atom. The molecule has 1 radical (unpaired) electrons. The van der Waals surface area contributed by atoms with Crippen molar-refractivity contribution in [2.24, 2.45) is 0 Å². The second kappa shape index (κ2) is 3.14. The first-order chi connectivity index (χ1) is 6.31. The summed E-state index contributed by atoms with van der Waals surface area (Å²) in [7, 11) is 0. The number of benzene rings is 1. The Morgan fingerprint density at radius 1 is 1.54 bits per heavy atom. The molecule has 1 N–H and O–H groups in total. The van der Waals surface area contributed by atoms with Gasteiger partial charge in [0.15, 0.2) is 5.13 Å². The van der Waals surface area contributed by atoms with Gasteiger partial charge in [-0.3, -0.25) is 10.1 Å². The molecule has 13 heavy (non-hydrogen) atoms. The smallest absolute Gasteiger partial charge is 0.294 e. The van der Waals surface area contributed by atoms with Crippen LogP contribution < -0.4 is 5.32 Å². The van der Waals surface area contributed by atoms with Crippen molar-refractivity contribution in [2.75, 3.05) is 5.32 Å². The zero-order valence-corrected chi connectivity index (χ0v) is 7.81. The Balaban J connectivity index is 2.61. The van der Waals surface area contributed by atoms with Crippen molar-refractivity contribution >= 4 is 33.1 Å². The Labute approximate surface area is 79.4 Å². The van der Waals surface area contributed by atoms with Crippen molar-refractivity contribution in [2.45, 2.75) is 6.92 Å². The number of fused-ring (bicyclic) bond motifs is 1. The minimum absolute atomic E-state index is 0.597. The number of carbonyl (C=O) groups excluding carboxylic acids is 1. The van der Waals surface area contributed by atoms with E-state index in [9.17, 15) is 4.79 Å². The first-order valence-corrected chi connectivity index (χ1v) is 4.62. The Morgan fingerprint density at radius 3 is 3.08 bits per heavy atom. The van der Waals surface area contributed by atoms with Gasteiger partial charge in [-0.05, 0) is 18.6 Å². The fourth-order valence-corrected chi connectivity index (χ4v) is 2.07. The van der Waals surface area contributed by atoms with E-state index in [0.717, 1.165) is 15.8 Å². The molecule has 0 unspecified atom stereocenters. The minimum Gasteiger partial charge on any atom is -0.294 e. The van der Waals surface area contributed by atoms with Crippen molar-refractivity contribution in [3.63, 3.8) is 0 Å². The molecule has 0 saturated carbocycles. The molecule has 2 aromatic rings. The second-order valence-electron chi connectivity index (χ2n) is 2.67. The van der Waals surface area contributed by atoms with Gasteiger partial charge in [-0.25, -0.2) is 4.98 Å². The van der Waals surface area contributed by atoms with Crippen molar-refractivity contribution in [1.29, 1.82) is 0 Å². The monoisotopic (exact) mass is 191 g/mol. The van der Waals surface area contributed by atoms with Gasteiger partial charge in [0, 0.05) is 0 Å². The standard InChI is InChI=1S/C9H7N2OS/c1-6-3-2-4-7-8(6)11-9(13-7)10-5-12/h2-4H,1H3,(H,10,11,12). The quantitative estimate of drug-likeness (QED) is 0.738. The highest BCUT2D eigenvalue weighted by molar-refractivity contribution is 7.22. The van der Waals surface area contributed by atoms with Gasteiger partial charge in [0.25, 0.3) is 0 Å². The van der Waals surface area contributed by atoms with Crippen LogP contribution in [-0.2, 0) is 4.79 Å². The molecule has 1 heterocycles. The summed E-state index contributed by atoms with van der Waals surface area (Å²) in [5.74, 6) is 0. The van der Waals surface area contributed by atoms with Crippen LogP contribution in [0, 0.1) is 6.92 Å². The predicted molar refractivity (Wildman–Crippen MR) is 53.7 cm³/mol. The van der Waals surface area contributed by atoms with Crippen LogP contribution in [0.5, 0.6) is 0 Å². The summed E-state index contributed by atoms with van der Waals surface area (Å²) in [5, 5.41) is 3.02. The number of hydrogen-bond acceptors (Lipinski definition) is 3. The zero-order chi connectivity index (χ0) is 9.26. The lowest BCUT2D eigenvalue weighted by Crippen LogP contribution is -1.91. The van der Waals surface area contributed by atoms with E-state index in [-0.39, 0.29) is 0 Å². The Kier molecular flexibility index (Phi) is 1.98. The number of amides is 1. The van der Waals surface area contributed by atoms with E-state index in [1.54, 1.807) is 6.41 Å². The van der Waals surface area contributed by atoms with E-state index < -0.39 is 0 Å². The van der Waals surface area contributed by atoms with Crippen LogP contribution >= 0.6 is 11.3 Å². The highest BCUT2D eigenvalue weighted by Crippen LogP contribution is 2.27. The van der Waals surface area contributed by atoms with Crippen molar-refractivity contribution < 1.29 is 4.79 Å². The molecule has 0 aliphatic carbocycles. The van der Waals surface area contributed by atoms with Gasteiger partial charge in [0.05, 0.1) is 10.2 Å². The molecule has 0 aliphatic heterocycles. The second-order valence-corrected chi connectivity index (χ2v) is 3.70.